The molecule has 96 valence electrons. The van der Waals surface area contributed by atoms with Gasteiger partial charge in [-0.15, -0.1) is 5.10 Å². The number of nitrogens with one attached hydrogen (secondary N) is 1. The van der Waals surface area contributed by atoms with Crippen LogP contribution in [0.25, 0.3) is 28.1 Å². The molecule has 6 heteroatoms. The van der Waals surface area contributed by atoms with Gasteiger partial charge in [0.25, 0.3) is 0 Å². The van der Waals surface area contributed by atoms with E-state index in [0.717, 1.165) is 10.9 Å². The van der Waals surface area contributed by atoms with Gasteiger partial charge in [-0.2, -0.15) is 4.52 Å². The molecule has 0 saturated heterocycles. The minimum Gasteiger partial charge on any atom is -0.290 e. The van der Waals surface area contributed by atoms with Crippen LogP contribution in [0, 0.1) is 0 Å². The van der Waals surface area contributed by atoms with Crippen molar-refractivity contribution in [2.24, 2.45) is 0 Å². The van der Waals surface area contributed by atoms with Crippen molar-refractivity contribution in [3.8, 4) is 11.4 Å². The molecule has 0 aliphatic heterocycles. The number of aromatic amines is 1. The number of aromatic nitrogens is 5. The van der Waals surface area contributed by atoms with Crippen LogP contribution in [0.15, 0.2) is 53.5 Å². The largest absolute Gasteiger partial charge is 0.349 e. The SMILES string of the molecule is O=c1[nH]c2ncccc2c2nc(-c3ccccc3)nn12. The van der Waals surface area contributed by atoms with Crippen LogP contribution in [-0.2, 0) is 0 Å². The fourth-order valence-corrected chi connectivity index (χ4v) is 2.18. The summed E-state index contributed by atoms with van der Waals surface area (Å²) in [7, 11) is 0. The monoisotopic (exact) mass is 263 g/mol. The lowest BCUT2D eigenvalue weighted by Crippen LogP contribution is -2.17. The molecule has 0 aliphatic carbocycles. The summed E-state index contributed by atoms with van der Waals surface area (Å²) in [6.07, 6.45) is 1.63. The Hall–Kier alpha value is -3.02. The van der Waals surface area contributed by atoms with Gasteiger partial charge in [0.15, 0.2) is 11.5 Å². The van der Waals surface area contributed by atoms with Crippen molar-refractivity contribution in [1.82, 2.24) is 24.6 Å². The zero-order chi connectivity index (χ0) is 13.5. The van der Waals surface area contributed by atoms with Crippen molar-refractivity contribution < 1.29 is 0 Å². The van der Waals surface area contributed by atoms with Crippen LogP contribution < -0.4 is 5.69 Å². The number of hydrogen-bond donors (Lipinski definition) is 1. The molecule has 0 atom stereocenters. The van der Waals surface area contributed by atoms with Crippen molar-refractivity contribution in [2.45, 2.75) is 0 Å². The first kappa shape index (κ1) is 10.9. The summed E-state index contributed by atoms with van der Waals surface area (Å²) in [5.41, 5.74) is 1.54. The molecule has 0 unspecified atom stereocenters. The van der Waals surface area contributed by atoms with Gasteiger partial charge in [-0.3, -0.25) is 4.98 Å². The molecule has 0 saturated carbocycles. The molecule has 0 spiro atoms. The Morgan fingerprint density at radius 2 is 1.90 bits per heavy atom. The van der Waals surface area contributed by atoms with Crippen LogP contribution in [0.1, 0.15) is 0 Å². The number of nitrogens with zero attached hydrogens (tertiary/aromatic N) is 4. The fourth-order valence-electron chi connectivity index (χ4n) is 2.18. The maximum Gasteiger partial charge on any atom is 0.349 e. The molecule has 0 radical (unpaired) electrons. The number of H-pyrrole nitrogens is 1. The number of rotatable bonds is 1. The third-order valence-corrected chi connectivity index (χ3v) is 3.11. The molecule has 0 bridgehead atoms. The van der Waals surface area contributed by atoms with Gasteiger partial charge in [-0.1, -0.05) is 30.3 Å². The second-order valence-corrected chi connectivity index (χ2v) is 4.37. The van der Waals surface area contributed by atoms with E-state index >= 15 is 0 Å². The Balaban J connectivity index is 2.11. The van der Waals surface area contributed by atoms with Crippen LogP contribution >= 0.6 is 0 Å². The zero-order valence-electron chi connectivity index (χ0n) is 10.3. The fraction of sp³-hybridized carbons (Fsp3) is 0. The molecule has 0 amide bonds. The first-order valence-corrected chi connectivity index (χ1v) is 6.12. The maximum atomic E-state index is 12.0. The number of pyridine rings is 1. The van der Waals surface area contributed by atoms with Crippen molar-refractivity contribution >= 4 is 16.7 Å². The Morgan fingerprint density at radius 3 is 2.75 bits per heavy atom. The molecular formula is C14H9N5O. The van der Waals surface area contributed by atoms with E-state index < -0.39 is 0 Å². The van der Waals surface area contributed by atoms with E-state index in [1.165, 1.54) is 4.52 Å². The summed E-state index contributed by atoms with van der Waals surface area (Å²) in [5, 5.41) is 5.03. The molecular weight excluding hydrogens is 254 g/mol. The molecule has 6 nitrogen and oxygen atoms in total. The smallest absolute Gasteiger partial charge is 0.290 e. The average molecular weight is 263 g/mol. The van der Waals surface area contributed by atoms with Crippen LogP contribution in [0.3, 0.4) is 0 Å². The summed E-state index contributed by atoms with van der Waals surface area (Å²) in [4.78, 5) is 23.3. The predicted molar refractivity (Wildman–Crippen MR) is 74.3 cm³/mol. The quantitative estimate of drug-likeness (QED) is 0.566. The van der Waals surface area contributed by atoms with E-state index in [9.17, 15) is 4.79 Å². The second kappa shape index (κ2) is 3.99. The summed E-state index contributed by atoms with van der Waals surface area (Å²) in [5.74, 6) is 0.521. The second-order valence-electron chi connectivity index (χ2n) is 4.37. The van der Waals surface area contributed by atoms with Crippen LogP contribution in [0.5, 0.6) is 0 Å². The normalized spacial score (nSPS) is 11.2. The van der Waals surface area contributed by atoms with Gasteiger partial charge in [0.1, 0.15) is 5.65 Å². The molecule has 4 aromatic rings. The van der Waals surface area contributed by atoms with E-state index in [0.29, 0.717) is 17.1 Å². The van der Waals surface area contributed by atoms with Crippen LogP contribution in [0.4, 0.5) is 0 Å². The van der Waals surface area contributed by atoms with Crippen molar-refractivity contribution in [3.05, 3.63) is 59.1 Å². The Kier molecular flexibility index (Phi) is 2.17. The Bertz CT molecular complexity index is 971. The topological polar surface area (TPSA) is 75.9 Å². The van der Waals surface area contributed by atoms with E-state index in [-0.39, 0.29) is 5.69 Å². The average Bonchev–Trinajstić information content (AvgIpc) is 2.94. The Morgan fingerprint density at radius 1 is 1.05 bits per heavy atom. The molecule has 4 rings (SSSR count). The summed E-state index contributed by atoms with van der Waals surface area (Å²) in [6.45, 7) is 0. The van der Waals surface area contributed by atoms with E-state index in [1.54, 1.807) is 12.3 Å². The minimum atomic E-state index is -0.346. The number of hydrogen-bond acceptors (Lipinski definition) is 4. The number of benzene rings is 1. The highest BCUT2D eigenvalue weighted by molar-refractivity contribution is 5.88. The third-order valence-electron chi connectivity index (χ3n) is 3.11. The molecule has 3 heterocycles. The summed E-state index contributed by atoms with van der Waals surface area (Å²) in [6, 6.07) is 13.2. The Labute approximate surface area is 112 Å². The van der Waals surface area contributed by atoms with E-state index in [2.05, 4.69) is 20.1 Å². The third kappa shape index (κ3) is 1.51. The van der Waals surface area contributed by atoms with Gasteiger partial charge in [-0.05, 0) is 12.1 Å². The minimum absolute atomic E-state index is 0.346. The first-order chi connectivity index (χ1) is 9.83. The van der Waals surface area contributed by atoms with Gasteiger partial charge in [0.05, 0.1) is 5.39 Å². The molecule has 0 fully saturated rings. The molecule has 1 N–H and O–H groups in total. The van der Waals surface area contributed by atoms with Gasteiger partial charge in [-0.25, -0.2) is 14.8 Å². The van der Waals surface area contributed by atoms with E-state index in [4.69, 9.17) is 0 Å². The van der Waals surface area contributed by atoms with Crippen molar-refractivity contribution in [3.63, 3.8) is 0 Å². The highest BCUT2D eigenvalue weighted by atomic mass is 16.1. The number of fused-ring (bicyclic) bond motifs is 3. The van der Waals surface area contributed by atoms with E-state index in [1.807, 2.05) is 36.4 Å². The van der Waals surface area contributed by atoms with Crippen LogP contribution in [-0.4, -0.2) is 24.6 Å². The predicted octanol–water partition coefficient (Wildman–Crippen LogP) is 1.63. The lowest BCUT2D eigenvalue weighted by Gasteiger charge is -1.96. The maximum absolute atomic E-state index is 12.0. The van der Waals surface area contributed by atoms with Crippen molar-refractivity contribution in [1.29, 1.82) is 0 Å². The van der Waals surface area contributed by atoms with Gasteiger partial charge < -0.3 is 0 Å². The molecule has 20 heavy (non-hydrogen) atoms. The van der Waals surface area contributed by atoms with Crippen LogP contribution in [0.2, 0.25) is 0 Å². The lowest BCUT2D eigenvalue weighted by molar-refractivity contribution is 0.881. The van der Waals surface area contributed by atoms with Gasteiger partial charge >= 0.3 is 5.69 Å². The summed E-state index contributed by atoms with van der Waals surface area (Å²) < 4.78 is 1.27. The molecule has 3 aromatic heterocycles. The lowest BCUT2D eigenvalue weighted by atomic mass is 10.2. The highest BCUT2D eigenvalue weighted by Crippen LogP contribution is 2.18. The summed E-state index contributed by atoms with van der Waals surface area (Å²) >= 11 is 0. The van der Waals surface area contributed by atoms with Gasteiger partial charge in [0.2, 0.25) is 0 Å². The molecule has 1 aromatic carbocycles. The zero-order valence-corrected chi connectivity index (χ0v) is 10.3. The standard InChI is InChI=1S/C14H9N5O/c20-14-17-12-10(7-4-8-15-12)13-16-11(18-19(13)14)9-5-2-1-3-6-9/h1-8H,(H,15,17,20). The molecule has 0 aliphatic rings. The van der Waals surface area contributed by atoms with Gasteiger partial charge in [0, 0.05) is 11.8 Å². The van der Waals surface area contributed by atoms with Crippen molar-refractivity contribution in [2.75, 3.05) is 0 Å². The first-order valence-electron chi connectivity index (χ1n) is 6.12. The highest BCUT2D eigenvalue weighted by Gasteiger charge is 2.11.